The molecule has 2 aromatic carbocycles. The van der Waals surface area contributed by atoms with Gasteiger partial charge in [0.2, 0.25) is 11.8 Å². The van der Waals surface area contributed by atoms with Gasteiger partial charge in [0.15, 0.2) is 0 Å². The summed E-state index contributed by atoms with van der Waals surface area (Å²) >= 11 is 0. The Morgan fingerprint density at radius 3 is 2.75 bits per heavy atom. The van der Waals surface area contributed by atoms with Gasteiger partial charge in [-0.1, -0.05) is 6.07 Å². The molecule has 0 spiro atoms. The van der Waals surface area contributed by atoms with Gasteiger partial charge in [0.1, 0.15) is 11.6 Å². The van der Waals surface area contributed by atoms with E-state index in [-0.39, 0.29) is 30.5 Å². The summed E-state index contributed by atoms with van der Waals surface area (Å²) in [5, 5.41) is 2.88. The van der Waals surface area contributed by atoms with Gasteiger partial charge < -0.3 is 15.1 Å². The Morgan fingerprint density at radius 2 is 2.00 bits per heavy atom. The Morgan fingerprint density at radius 1 is 1.18 bits per heavy atom. The highest BCUT2D eigenvalue weighted by molar-refractivity contribution is 6.03. The molecule has 1 unspecified atom stereocenters. The zero-order valence-electron chi connectivity index (χ0n) is 15.5. The number of carbonyl (C=O) groups excluding carboxylic acids is 2. The van der Waals surface area contributed by atoms with Crippen molar-refractivity contribution in [2.45, 2.75) is 19.8 Å². The zero-order chi connectivity index (χ0) is 19.8. The molecule has 7 heteroatoms. The standard InChI is InChI=1S/C21H21F2N3O2/c1-2-25-8-7-13-3-5-16(11-19(13)25)24-21(28)14-9-20(27)26(12-14)18-6-4-15(22)10-17(18)23/h3-6,10-11,14H,2,7-9,12H2,1H3,(H,24,28). The van der Waals surface area contributed by atoms with Gasteiger partial charge in [0, 0.05) is 43.5 Å². The molecule has 5 nitrogen and oxygen atoms in total. The minimum absolute atomic E-state index is 0.00202. The van der Waals surface area contributed by atoms with Crippen LogP contribution in [0.25, 0.3) is 0 Å². The van der Waals surface area contributed by atoms with E-state index in [4.69, 9.17) is 0 Å². The minimum Gasteiger partial charge on any atom is -0.371 e. The van der Waals surface area contributed by atoms with Crippen LogP contribution < -0.4 is 15.1 Å². The monoisotopic (exact) mass is 385 g/mol. The molecule has 0 aromatic heterocycles. The molecule has 28 heavy (non-hydrogen) atoms. The fourth-order valence-electron chi connectivity index (χ4n) is 3.91. The van der Waals surface area contributed by atoms with E-state index < -0.39 is 17.6 Å². The van der Waals surface area contributed by atoms with E-state index in [2.05, 4.69) is 17.1 Å². The molecule has 0 radical (unpaired) electrons. The van der Waals surface area contributed by atoms with Crippen molar-refractivity contribution in [3.63, 3.8) is 0 Å². The van der Waals surface area contributed by atoms with E-state index in [1.54, 1.807) is 0 Å². The highest BCUT2D eigenvalue weighted by Crippen LogP contribution is 2.32. The maximum atomic E-state index is 14.0. The molecule has 2 aliphatic rings. The van der Waals surface area contributed by atoms with Gasteiger partial charge in [-0.2, -0.15) is 0 Å². The molecule has 4 rings (SSSR count). The number of halogens is 2. The van der Waals surface area contributed by atoms with Crippen molar-refractivity contribution in [1.82, 2.24) is 0 Å². The Labute approximate surface area is 161 Å². The topological polar surface area (TPSA) is 52.7 Å². The normalized spacial score (nSPS) is 18.5. The number of likely N-dealkylation sites (N-methyl/N-ethyl adjacent to an activating group) is 1. The van der Waals surface area contributed by atoms with Crippen LogP contribution >= 0.6 is 0 Å². The molecule has 0 aliphatic carbocycles. The van der Waals surface area contributed by atoms with Crippen molar-refractivity contribution in [2.24, 2.45) is 5.92 Å². The molecule has 1 atom stereocenters. The second-order valence-electron chi connectivity index (χ2n) is 7.16. The van der Waals surface area contributed by atoms with Gasteiger partial charge in [-0.25, -0.2) is 8.78 Å². The zero-order valence-corrected chi connectivity index (χ0v) is 15.5. The predicted molar refractivity (Wildman–Crippen MR) is 103 cm³/mol. The number of fused-ring (bicyclic) bond motifs is 1. The second-order valence-corrected chi connectivity index (χ2v) is 7.16. The van der Waals surface area contributed by atoms with E-state index in [9.17, 15) is 18.4 Å². The van der Waals surface area contributed by atoms with Crippen LogP contribution in [0.2, 0.25) is 0 Å². The maximum absolute atomic E-state index is 14.0. The van der Waals surface area contributed by atoms with Gasteiger partial charge >= 0.3 is 0 Å². The molecule has 2 aliphatic heterocycles. The van der Waals surface area contributed by atoms with Crippen LogP contribution in [0.1, 0.15) is 18.9 Å². The third-order valence-corrected chi connectivity index (χ3v) is 5.42. The van der Waals surface area contributed by atoms with Crippen molar-refractivity contribution >= 4 is 28.9 Å². The number of hydrogen-bond donors (Lipinski definition) is 1. The first-order chi connectivity index (χ1) is 13.5. The first-order valence-corrected chi connectivity index (χ1v) is 9.40. The van der Waals surface area contributed by atoms with E-state index in [0.29, 0.717) is 5.69 Å². The van der Waals surface area contributed by atoms with E-state index >= 15 is 0 Å². The Balaban J connectivity index is 1.47. The van der Waals surface area contributed by atoms with Crippen LogP contribution in [0, 0.1) is 17.6 Å². The largest absolute Gasteiger partial charge is 0.371 e. The number of anilines is 3. The van der Waals surface area contributed by atoms with Gasteiger partial charge in [-0.15, -0.1) is 0 Å². The lowest BCUT2D eigenvalue weighted by Crippen LogP contribution is -2.28. The summed E-state index contributed by atoms with van der Waals surface area (Å²) in [6.45, 7) is 4.03. The molecule has 1 fully saturated rings. The predicted octanol–water partition coefficient (Wildman–Crippen LogP) is 3.34. The molecule has 0 bridgehead atoms. The van der Waals surface area contributed by atoms with Gasteiger partial charge in [-0.05, 0) is 43.2 Å². The third-order valence-electron chi connectivity index (χ3n) is 5.42. The van der Waals surface area contributed by atoms with Crippen LogP contribution in [0.5, 0.6) is 0 Å². The Bertz CT molecular complexity index is 947. The summed E-state index contributed by atoms with van der Waals surface area (Å²) in [7, 11) is 0. The fraction of sp³-hybridized carbons (Fsp3) is 0.333. The molecule has 1 saturated heterocycles. The lowest BCUT2D eigenvalue weighted by atomic mass is 10.1. The third kappa shape index (κ3) is 3.32. The van der Waals surface area contributed by atoms with Crippen molar-refractivity contribution in [2.75, 3.05) is 34.8 Å². The van der Waals surface area contributed by atoms with Crippen molar-refractivity contribution < 1.29 is 18.4 Å². The highest BCUT2D eigenvalue weighted by Gasteiger charge is 2.36. The first-order valence-electron chi connectivity index (χ1n) is 9.40. The van der Waals surface area contributed by atoms with Gasteiger partial charge in [0.25, 0.3) is 0 Å². The smallest absolute Gasteiger partial charge is 0.229 e. The molecular weight excluding hydrogens is 364 g/mol. The summed E-state index contributed by atoms with van der Waals surface area (Å²) in [6.07, 6.45) is 0.987. The molecule has 2 aromatic rings. The SMILES string of the molecule is CCN1CCc2ccc(NC(=O)C3CC(=O)N(c4ccc(F)cc4F)C3)cc21. The van der Waals surface area contributed by atoms with Crippen LogP contribution in [0.15, 0.2) is 36.4 Å². The summed E-state index contributed by atoms with van der Waals surface area (Å²) in [6, 6.07) is 8.90. The van der Waals surface area contributed by atoms with Crippen molar-refractivity contribution in [1.29, 1.82) is 0 Å². The fourth-order valence-corrected chi connectivity index (χ4v) is 3.91. The number of carbonyl (C=O) groups is 2. The summed E-state index contributed by atoms with van der Waals surface area (Å²) in [4.78, 5) is 28.4. The molecule has 0 saturated carbocycles. The molecule has 1 N–H and O–H groups in total. The quantitative estimate of drug-likeness (QED) is 0.878. The lowest BCUT2D eigenvalue weighted by Gasteiger charge is -2.19. The minimum atomic E-state index is -0.812. The average molecular weight is 385 g/mol. The first kappa shape index (κ1) is 18.4. The Kier molecular flexibility index (Phi) is 4.75. The van der Waals surface area contributed by atoms with Gasteiger partial charge in [-0.3, -0.25) is 9.59 Å². The second kappa shape index (κ2) is 7.22. The molecule has 2 amide bonds. The summed E-state index contributed by atoms with van der Waals surface area (Å²) in [5.74, 6) is -2.74. The average Bonchev–Trinajstić information content (AvgIpc) is 3.25. The summed E-state index contributed by atoms with van der Waals surface area (Å²) < 4.78 is 27.1. The van der Waals surface area contributed by atoms with E-state index in [0.717, 1.165) is 37.3 Å². The lowest BCUT2D eigenvalue weighted by molar-refractivity contribution is -0.122. The molecular formula is C21H21F2N3O2. The molecule has 146 valence electrons. The number of amides is 2. The number of benzene rings is 2. The summed E-state index contributed by atoms with van der Waals surface area (Å²) in [5.41, 5.74) is 3.06. The van der Waals surface area contributed by atoms with E-state index in [1.165, 1.54) is 16.5 Å². The van der Waals surface area contributed by atoms with Gasteiger partial charge in [0.05, 0.1) is 11.6 Å². The number of rotatable bonds is 4. The highest BCUT2D eigenvalue weighted by atomic mass is 19.1. The van der Waals surface area contributed by atoms with Crippen molar-refractivity contribution in [3.8, 4) is 0 Å². The van der Waals surface area contributed by atoms with Crippen LogP contribution in [-0.2, 0) is 16.0 Å². The van der Waals surface area contributed by atoms with Crippen LogP contribution in [-0.4, -0.2) is 31.4 Å². The Hall–Kier alpha value is -2.96. The maximum Gasteiger partial charge on any atom is 0.229 e. The van der Waals surface area contributed by atoms with Crippen molar-refractivity contribution in [3.05, 3.63) is 53.6 Å². The number of hydrogen-bond acceptors (Lipinski definition) is 3. The van der Waals surface area contributed by atoms with E-state index in [1.807, 2.05) is 18.2 Å². The van der Waals surface area contributed by atoms with Crippen LogP contribution in [0.3, 0.4) is 0 Å². The number of nitrogens with one attached hydrogen (secondary N) is 1. The molecule has 2 heterocycles. The van der Waals surface area contributed by atoms with Crippen LogP contribution in [0.4, 0.5) is 25.8 Å². The number of nitrogens with zero attached hydrogens (tertiary/aromatic N) is 2.